The van der Waals surface area contributed by atoms with E-state index in [1.165, 1.54) is 6.26 Å². The molecule has 0 aliphatic carbocycles. The lowest BCUT2D eigenvalue weighted by Gasteiger charge is -2.05. The highest BCUT2D eigenvalue weighted by molar-refractivity contribution is 5.87. The van der Waals surface area contributed by atoms with Crippen LogP contribution in [0.5, 0.6) is 0 Å². The van der Waals surface area contributed by atoms with Crippen molar-refractivity contribution in [1.82, 2.24) is 0 Å². The zero-order chi connectivity index (χ0) is 12.2. The number of ether oxygens (including phenoxy) is 3. The van der Waals surface area contributed by atoms with E-state index in [0.29, 0.717) is 18.8 Å². The first-order chi connectivity index (χ1) is 7.72. The van der Waals surface area contributed by atoms with Gasteiger partial charge < -0.3 is 19.3 Å². The Kier molecular flexibility index (Phi) is 9.75. The molecule has 0 atom stereocenters. The number of rotatable bonds is 9. The summed E-state index contributed by atoms with van der Waals surface area (Å²) in [4.78, 5) is 11.3. The molecule has 0 aromatic rings. The Balaban J connectivity index is 3.58. The molecule has 0 heterocycles. The maximum atomic E-state index is 11.3. The summed E-state index contributed by atoms with van der Waals surface area (Å²) in [5, 5.41) is 8.45. The third kappa shape index (κ3) is 8.26. The van der Waals surface area contributed by atoms with Crippen LogP contribution in [-0.2, 0) is 19.0 Å². The van der Waals surface area contributed by atoms with Crippen molar-refractivity contribution < 1.29 is 24.1 Å². The fraction of sp³-hybridized carbons (Fsp3) is 0.727. The van der Waals surface area contributed by atoms with Gasteiger partial charge in [-0.05, 0) is 13.3 Å². The van der Waals surface area contributed by atoms with Crippen molar-refractivity contribution in [2.45, 2.75) is 20.3 Å². The van der Waals surface area contributed by atoms with Crippen molar-refractivity contribution in [2.24, 2.45) is 0 Å². The van der Waals surface area contributed by atoms with Crippen LogP contribution in [0.1, 0.15) is 20.3 Å². The fourth-order valence-electron chi connectivity index (χ4n) is 0.838. The summed E-state index contributed by atoms with van der Waals surface area (Å²) in [5.74, 6) is -0.432. The maximum absolute atomic E-state index is 11.3. The molecule has 1 N–H and O–H groups in total. The Hall–Kier alpha value is -1.07. The monoisotopic (exact) mass is 232 g/mol. The van der Waals surface area contributed by atoms with Gasteiger partial charge >= 0.3 is 5.97 Å². The largest absolute Gasteiger partial charge is 0.498 e. The molecule has 16 heavy (non-hydrogen) atoms. The molecule has 0 unspecified atom stereocenters. The predicted molar refractivity (Wildman–Crippen MR) is 58.9 cm³/mol. The molecule has 0 radical (unpaired) electrons. The minimum Gasteiger partial charge on any atom is -0.498 e. The average molecular weight is 232 g/mol. The highest BCUT2D eigenvalue weighted by Crippen LogP contribution is 1.97. The molecule has 0 aromatic carbocycles. The van der Waals surface area contributed by atoms with E-state index >= 15 is 0 Å². The number of aliphatic hydroxyl groups excluding tert-OH is 1. The van der Waals surface area contributed by atoms with Gasteiger partial charge in [-0.25, -0.2) is 4.79 Å². The van der Waals surface area contributed by atoms with E-state index in [-0.39, 0.29) is 19.8 Å². The fourth-order valence-corrected chi connectivity index (χ4v) is 0.838. The first-order valence-electron chi connectivity index (χ1n) is 5.36. The van der Waals surface area contributed by atoms with Gasteiger partial charge in [0.2, 0.25) is 0 Å². The van der Waals surface area contributed by atoms with Gasteiger partial charge in [0.25, 0.3) is 0 Å². The maximum Gasteiger partial charge on any atom is 0.336 e. The second-order valence-corrected chi connectivity index (χ2v) is 3.14. The lowest BCUT2D eigenvalue weighted by atomic mass is 10.3. The Morgan fingerprint density at radius 1 is 1.25 bits per heavy atom. The van der Waals surface area contributed by atoms with Gasteiger partial charge in [0.1, 0.15) is 13.2 Å². The van der Waals surface area contributed by atoms with Crippen LogP contribution in [0, 0.1) is 0 Å². The summed E-state index contributed by atoms with van der Waals surface area (Å²) in [6, 6.07) is 0. The number of hydrogen-bond acceptors (Lipinski definition) is 5. The van der Waals surface area contributed by atoms with Gasteiger partial charge in [-0.1, -0.05) is 6.92 Å². The van der Waals surface area contributed by atoms with Crippen LogP contribution in [0.3, 0.4) is 0 Å². The molecular weight excluding hydrogens is 212 g/mol. The van der Waals surface area contributed by atoms with Crippen molar-refractivity contribution in [2.75, 3.05) is 33.0 Å². The molecule has 0 fully saturated rings. The summed E-state index contributed by atoms with van der Waals surface area (Å²) in [7, 11) is 0. The molecule has 0 spiro atoms. The molecule has 0 aromatic heterocycles. The van der Waals surface area contributed by atoms with Crippen molar-refractivity contribution in [3.63, 3.8) is 0 Å². The second kappa shape index (κ2) is 10.4. The van der Waals surface area contributed by atoms with Gasteiger partial charge in [-0.15, -0.1) is 0 Å². The smallest absolute Gasteiger partial charge is 0.336 e. The minimum atomic E-state index is -0.432. The van der Waals surface area contributed by atoms with Crippen LogP contribution in [-0.4, -0.2) is 44.1 Å². The minimum absolute atomic E-state index is 0.0797. The highest BCUT2D eigenvalue weighted by Gasteiger charge is 2.05. The lowest BCUT2D eigenvalue weighted by molar-refractivity contribution is -0.140. The van der Waals surface area contributed by atoms with Gasteiger partial charge in [-0.3, -0.25) is 0 Å². The molecule has 0 aliphatic heterocycles. The zero-order valence-corrected chi connectivity index (χ0v) is 9.90. The first kappa shape index (κ1) is 14.9. The molecular formula is C11H20O5. The SMILES string of the molecule is CCCOCCOC(=O)C(C)=COCCO. The topological polar surface area (TPSA) is 65.0 Å². The van der Waals surface area contributed by atoms with E-state index in [0.717, 1.165) is 6.42 Å². The Bertz CT molecular complexity index is 212. The van der Waals surface area contributed by atoms with E-state index in [9.17, 15) is 4.79 Å². The second-order valence-electron chi connectivity index (χ2n) is 3.14. The molecule has 5 nitrogen and oxygen atoms in total. The van der Waals surface area contributed by atoms with E-state index in [1.807, 2.05) is 6.92 Å². The van der Waals surface area contributed by atoms with Crippen LogP contribution in [0.25, 0.3) is 0 Å². The summed E-state index contributed by atoms with van der Waals surface area (Å²) < 4.78 is 14.9. The average Bonchev–Trinajstić information content (AvgIpc) is 2.28. The van der Waals surface area contributed by atoms with Crippen LogP contribution in [0.15, 0.2) is 11.8 Å². The third-order valence-corrected chi connectivity index (χ3v) is 1.60. The van der Waals surface area contributed by atoms with Crippen molar-refractivity contribution >= 4 is 5.97 Å². The normalized spacial score (nSPS) is 11.3. The number of esters is 1. The van der Waals surface area contributed by atoms with Gasteiger partial charge in [-0.2, -0.15) is 0 Å². The molecule has 0 bridgehead atoms. The standard InChI is InChI=1S/C11H20O5/c1-3-5-14-7-8-16-11(13)10(2)9-15-6-4-12/h9,12H,3-8H2,1-2H3. The number of aliphatic hydroxyl groups is 1. The third-order valence-electron chi connectivity index (χ3n) is 1.60. The van der Waals surface area contributed by atoms with E-state index in [1.54, 1.807) is 6.92 Å². The first-order valence-corrected chi connectivity index (χ1v) is 5.36. The molecule has 0 amide bonds. The van der Waals surface area contributed by atoms with Crippen molar-refractivity contribution in [3.8, 4) is 0 Å². The van der Waals surface area contributed by atoms with Crippen LogP contribution in [0.4, 0.5) is 0 Å². The van der Waals surface area contributed by atoms with Crippen LogP contribution in [0.2, 0.25) is 0 Å². The van der Waals surface area contributed by atoms with E-state index in [4.69, 9.17) is 19.3 Å². The Labute approximate surface area is 96.0 Å². The summed E-state index contributed by atoms with van der Waals surface area (Å²) >= 11 is 0. The van der Waals surface area contributed by atoms with Crippen LogP contribution >= 0.6 is 0 Å². The Morgan fingerprint density at radius 3 is 2.62 bits per heavy atom. The lowest BCUT2D eigenvalue weighted by Crippen LogP contribution is -2.12. The predicted octanol–water partition coefficient (Wildman–Crippen LogP) is 0.869. The quantitative estimate of drug-likeness (QED) is 0.276. The van der Waals surface area contributed by atoms with E-state index in [2.05, 4.69) is 0 Å². The zero-order valence-electron chi connectivity index (χ0n) is 9.90. The molecule has 0 rings (SSSR count). The van der Waals surface area contributed by atoms with Gasteiger partial charge in [0.15, 0.2) is 0 Å². The summed E-state index contributed by atoms with van der Waals surface area (Å²) in [6.45, 7) is 5.01. The summed E-state index contributed by atoms with van der Waals surface area (Å²) in [6.07, 6.45) is 2.23. The number of hydrogen-bond donors (Lipinski definition) is 1. The van der Waals surface area contributed by atoms with Crippen molar-refractivity contribution in [1.29, 1.82) is 0 Å². The van der Waals surface area contributed by atoms with Gasteiger partial charge in [0.05, 0.1) is 25.0 Å². The molecule has 94 valence electrons. The molecule has 0 aliphatic rings. The highest BCUT2D eigenvalue weighted by atomic mass is 16.6. The number of carbonyl (C=O) groups excluding carboxylic acids is 1. The van der Waals surface area contributed by atoms with Crippen LogP contribution < -0.4 is 0 Å². The molecule has 5 heteroatoms. The van der Waals surface area contributed by atoms with E-state index < -0.39 is 5.97 Å². The summed E-state index contributed by atoms with van der Waals surface area (Å²) in [5.41, 5.74) is 0.365. The Morgan fingerprint density at radius 2 is 2.00 bits per heavy atom. The van der Waals surface area contributed by atoms with Gasteiger partial charge in [0, 0.05) is 6.61 Å². The number of carbonyl (C=O) groups is 1. The molecule has 0 saturated carbocycles. The molecule has 0 saturated heterocycles. The van der Waals surface area contributed by atoms with Crippen molar-refractivity contribution in [3.05, 3.63) is 11.8 Å².